The number of aromatic amines is 1. The van der Waals surface area contributed by atoms with Gasteiger partial charge in [-0.3, -0.25) is 14.7 Å². The number of hydrogen-bond donors (Lipinski definition) is 1. The molecule has 1 fully saturated rings. The first-order chi connectivity index (χ1) is 19.6. The Labute approximate surface area is 232 Å². The molecule has 9 nitrogen and oxygen atoms in total. The van der Waals surface area contributed by atoms with Gasteiger partial charge in [0.25, 0.3) is 5.56 Å². The molecule has 1 saturated heterocycles. The lowest BCUT2D eigenvalue weighted by Crippen LogP contribution is -2.35. The van der Waals surface area contributed by atoms with Crippen molar-refractivity contribution < 1.29 is 4.74 Å². The third-order valence-electron chi connectivity index (χ3n) is 7.67. The van der Waals surface area contributed by atoms with Crippen LogP contribution in [0.4, 0.5) is 0 Å². The number of pyridine rings is 2. The van der Waals surface area contributed by atoms with Crippen molar-refractivity contribution in [2.45, 2.75) is 58.5 Å². The molecule has 3 aromatic heterocycles. The van der Waals surface area contributed by atoms with E-state index in [0.29, 0.717) is 31.0 Å². The van der Waals surface area contributed by atoms with Crippen LogP contribution in [0, 0.1) is 13.8 Å². The van der Waals surface area contributed by atoms with Gasteiger partial charge in [0.2, 0.25) is 0 Å². The van der Waals surface area contributed by atoms with Crippen LogP contribution in [0.15, 0.2) is 77.9 Å². The lowest BCUT2D eigenvalue weighted by Gasteiger charge is -2.31. The Balaban J connectivity index is 1.53. The minimum absolute atomic E-state index is 0.0450. The maximum absolute atomic E-state index is 13.9. The fourth-order valence-electron chi connectivity index (χ4n) is 5.59. The minimum atomic E-state index is -0.523. The summed E-state index contributed by atoms with van der Waals surface area (Å²) in [5.74, 6) is 0.616. The number of benzene rings is 2. The maximum Gasteiger partial charge on any atom is 0.253 e. The molecule has 0 unspecified atom stereocenters. The van der Waals surface area contributed by atoms with Gasteiger partial charge in [0.1, 0.15) is 6.04 Å². The number of fused-ring (bicyclic) bond motifs is 1. The highest BCUT2D eigenvalue weighted by Crippen LogP contribution is 2.31. The first-order valence-corrected chi connectivity index (χ1v) is 13.7. The number of ether oxygens (including phenoxy) is 1. The molecule has 40 heavy (non-hydrogen) atoms. The number of nitrogens with zero attached hydrogens (tertiary/aromatic N) is 6. The molecule has 1 N–H and O–H groups in total. The van der Waals surface area contributed by atoms with E-state index in [4.69, 9.17) is 4.74 Å². The lowest BCUT2D eigenvalue weighted by atomic mass is 9.98. The van der Waals surface area contributed by atoms with Crippen LogP contribution in [-0.2, 0) is 24.4 Å². The van der Waals surface area contributed by atoms with Crippen molar-refractivity contribution in [2.75, 3.05) is 6.61 Å². The monoisotopic (exact) mass is 535 g/mol. The molecular weight excluding hydrogens is 502 g/mol. The molecule has 204 valence electrons. The third-order valence-corrected chi connectivity index (χ3v) is 7.67. The molecule has 0 saturated carbocycles. The van der Waals surface area contributed by atoms with Crippen molar-refractivity contribution in [2.24, 2.45) is 0 Å². The number of aryl methyl sites for hydroxylation is 2. The van der Waals surface area contributed by atoms with Gasteiger partial charge < -0.3 is 9.72 Å². The van der Waals surface area contributed by atoms with E-state index in [1.165, 1.54) is 0 Å². The molecule has 1 aliphatic heterocycles. The van der Waals surface area contributed by atoms with Crippen molar-refractivity contribution in [3.63, 3.8) is 0 Å². The standard InChI is InChI=1S/C31H33N7O2/c1-21-12-13-22(2)28-26(21)16-27(31(39)33-28)29(30-34-35-36-38(30)20-25-11-7-15-40-25)37(18-23-8-4-3-5-9-23)19-24-10-6-14-32-17-24/h3-6,8-10,12-14,16-17,25,29H,7,11,15,18-20H2,1-2H3,(H,33,39)/t25-,29-/m0/s1. The van der Waals surface area contributed by atoms with Gasteiger partial charge in [0.05, 0.1) is 18.2 Å². The van der Waals surface area contributed by atoms with Crippen LogP contribution < -0.4 is 5.56 Å². The number of nitrogens with one attached hydrogen (secondary N) is 1. The molecule has 2 aromatic carbocycles. The minimum Gasteiger partial charge on any atom is -0.376 e. The molecule has 5 aromatic rings. The van der Waals surface area contributed by atoms with Crippen LogP contribution >= 0.6 is 0 Å². The average Bonchev–Trinajstić information content (AvgIpc) is 3.66. The van der Waals surface area contributed by atoms with Gasteiger partial charge in [0, 0.05) is 43.0 Å². The van der Waals surface area contributed by atoms with Crippen molar-refractivity contribution in [3.05, 3.63) is 117 Å². The van der Waals surface area contributed by atoms with E-state index < -0.39 is 6.04 Å². The smallest absolute Gasteiger partial charge is 0.253 e. The SMILES string of the molecule is Cc1ccc(C)c2[nH]c(=O)c([C@@H](c3nnnn3C[C@@H]3CCCO3)N(Cc3ccccc3)Cc3cccnc3)cc12. The summed E-state index contributed by atoms with van der Waals surface area (Å²) in [5.41, 5.74) is 5.59. The van der Waals surface area contributed by atoms with Crippen LogP contribution in [0.3, 0.4) is 0 Å². The number of tetrazole rings is 1. The second kappa shape index (κ2) is 11.5. The van der Waals surface area contributed by atoms with Crippen molar-refractivity contribution in [3.8, 4) is 0 Å². The van der Waals surface area contributed by atoms with Gasteiger partial charge in [-0.15, -0.1) is 5.10 Å². The molecule has 0 bridgehead atoms. The van der Waals surface area contributed by atoms with Gasteiger partial charge in [0.15, 0.2) is 5.82 Å². The summed E-state index contributed by atoms with van der Waals surface area (Å²) in [6.45, 7) is 6.49. The van der Waals surface area contributed by atoms with Crippen molar-refractivity contribution in [1.82, 2.24) is 35.1 Å². The predicted octanol–water partition coefficient (Wildman–Crippen LogP) is 4.50. The first kappa shape index (κ1) is 26.0. The van der Waals surface area contributed by atoms with E-state index in [1.54, 1.807) is 6.20 Å². The lowest BCUT2D eigenvalue weighted by molar-refractivity contribution is 0.0903. The average molecular weight is 536 g/mol. The molecule has 9 heteroatoms. The fourth-order valence-corrected chi connectivity index (χ4v) is 5.59. The van der Waals surface area contributed by atoms with Gasteiger partial charge in [-0.1, -0.05) is 48.5 Å². The summed E-state index contributed by atoms with van der Waals surface area (Å²) in [5, 5.41) is 14.0. The Morgan fingerprint density at radius 2 is 1.85 bits per heavy atom. The first-order valence-electron chi connectivity index (χ1n) is 13.7. The largest absolute Gasteiger partial charge is 0.376 e. The number of rotatable bonds is 9. The zero-order chi connectivity index (χ0) is 27.5. The van der Waals surface area contributed by atoms with Gasteiger partial charge in [-0.05, 0) is 71.5 Å². The molecule has 1 aliphatic rings. The molecule has 0 radical (unpaired) electrons. The highest BCUT2D eigenvalue weighted by molar-refractivity contribution is 5.85. The van der Waals surface area contributed by atoms with Crippen molar-refractivity contribution >= 4 is 10.9 Å². The van der Waals surface area contributed by atoms with Crippen LogP contribution in [0.1, 0.15) is 52.5 Å². The fraction of sp³-hybridized carbons (Fsp3) is 0.323. The Morgan fingerprint density at radius 1 is 1.05 bits per heavy atom. The zero-order valence-electron chi connectivity index (χ0n) is 22.8. The molecule has 0 amide bonds. The van der Waals surface area contributed by atoms with E-state index in [1.807, 2.05) is 54.2 Å². The summed E-state index contributed by atoms with van der Waals surface area (Å²) in [4.78, 5) is 23.7. The summed E-state index contributed by atoms with van der Waals surface area (Å²) in [7, 11) is 0. The second-order valence-corrected chi connectivity index (χ2v) is 10.6. The van der Waals surface area contributed by atoms with E-state index in [0.717, 1.165) is 52.6 Å². The van der Waals surface area contributed by atoms with Crippen LogP contribution in [-0.4, -0.2) is 47.8 Å². The molecule has 2 atom stereocenters. The molecule has 0 aliphatic carbocycles. The number of hydrogen-bond acceptors (Lipinski definition) is 7. The molecule has 4 heterocycles. The Hall–Kier alpha value is -4.21. The Morgan fingerprint density at radius 3 is 2.62 bits per heavy atom. The van der Waals surface area contributed by atoms with E-state index in [-0.39, 0.29) is 11.7 Å². The molecule has 0 spiro atoms. The summed E-state index contributed by atoms with van der Waals surface area (Å²) < 4.78 is 7.74. The normalized spacial score (nSPS) is 16.1. The van der Waals surface area contributed by atoms with Gasteiger partial charge >= 0.3 is 0 Å². The van der Waals surface area contributed by atoms with Crippen LogP contribution in [0.5, 0.6) is 0 Å². The van der Waals surface area contributed by atoms with Crippen LogP contribution in [0.2, 0.25) is 0 Å². The summed E-state index contributed by atoms with van der Waals surface area (Å²) in [6, 6.07) is 19.9. The number of aromatic nitrogens is 6. The van der Waals surface area contributed by atoms with Crippen LogP contribution in [0.25, 0.3) is 10.9 Å². The maximum atomic E-state index is 13.9. The zero-order valence-corrected chi connectivity index (χ0v) is 22.8. The highest BCUT2D eigenvalue weighted by Gasteiger charge is 2.32. The van der Waals surface area contributed by atoms with E-state index in [2.05, 4.69) is 61.6 Å². The Bertz CT molecular complexity index is 1600. The summed E-state index contributed by atoms with van der Waals surface area (Å²) in [6.07, 6.45) is 5.66. The molecule has 6 rings (SSSR count). The van der Waals surface area contributed by atoms with Crippen molar-refractivity contribution in [1.29, 1.82) is 0 Å². The third kappa shape index (κ3) is 5.43. The predicted molar refractivity (Wildman–Crippen MR) is 153 cm³/mol. The van der Waals surface area contributed by atoms with E-state index >= 15 is 0 Å². The topological polar surface area (TPSA) is 102 Å². The quantitative estimate of drug-likeness (QED) is 0.297. The van der Waals surface area contributed by atoms with Gasteiger partial charge in [-0.2, -0.15) is 0 Å². The summed E-state index contributed by atoms with van der Waals surface area (Å²) >= 11 is 0. The van der Waals surface area contributed by atoms with Gasteiger partial charge in [-0.25, -0.2) is 4.68 Å². The molecular formula is C31H33N7O2. The number of H-pyrrole nitrogens is 1. The Kier molecular flexibility index (Phi) is 7.48. The highest BCUT2D eigenvalue weighted by atomic mass is 16.5. The van der Waals surface area contributed by atoms with E-state index in [9.17, 15) is 4.79 Å². The second-order valence-electron chi connectivity index (χ2n) is 10.6.